The first-order valence-electron chi connectivity index (χ1n) is 4.30. The molecular formula is C10H14. The van der Waals surface area contributed by atoms with E-state index in [1.807, 2.05) is 0 Å². The zero-order valence-electron chi connectivity index (χ0n) is 6.29. The van der Waals surface area contributed by atoms with E-state index in [0.29, 0.717) is 0 Å². The summed E-state index contributed by atoms with van der Waals surface area (Å²) in [5.74, 6) is 1.87. The molecule has 0 radical (unpaired) electrons. The van der Waals surface area contributed by atoms with Crippen LogP contribution in [0.2, 0.25) is 0 Å². The molecule has 0 aromatic heterocycles. The lowest BCUT2D eigenvalue weighted by atomic mass is 9.76. The third kappa shape index (κ3) is 1.03. The molecule has 0 heteroatoms. The summed E-state index contributed by atoms with van der Waals surface area (Å²) in [5.41, 5.74) is 0. The van der Waals surface area contributed by atoms with E-state index in [0.717, 1.165) is 11.8 Å². The van der Waals surface area contributed by atoms with Crippen LogP contribution in [0, 0.1) is 11.8 Å². The van der Waals surface area contributed by atoms with Crippen LogP contribution in [0.15, 0.2) is 24.3 Å². The maximum atomic E-state index is 2.38. The normalized spacial score (nSPS) is 40.8. The van der Waals surface area contributed by atoms with Crippen molar-refractivity contribution in [3.63, 3.8) is 0 Å². The van der Waals surface area contributed by atoms with Crippen LogP contribution in [0.4, 0.5) is 0 Å². The quantitative estimate of drug-likeness (QED) is 0.447. The SMILES string of the molecule is C1=CC2CC/C=C\CCC12. The van der Waals surface area contributed by atoms with Gasteiger partial charge in [0.1, 0.15) is 0 Å². The lowest BCUT2D eigenvalue weighted by Gasteiger charge is -2.29. The van der Waals surface area contributed by atoms with Crippen LogP contribution in [0.3, 0.4) is 0 Å². The van der Waals surface area contributed by atoms with Crippen molar-refractivity contribution >= 4 is 0 Å². The molecule has 2 rings (SSSR count). The summed E-state index contributed by atoms with van der Waals surface area (Å²) < 4.78 is 0. The van der Waals surface area contributed by atoms with Crippen molar-refractivity contribution < 1.29 is 0 Å². The first-order valence-corrected chi connectivity index (χ1v) is 4.30. The highest BCUT2D eigenvalue weighted by Gasteiger charge is 2.22. The average molecular weight is 134 g/mol. The molecule has 0 bridgehead atoms. The number of hydrogen-bond acceptors (Lipinski definition) is 0. The molecule has 0 fully saturated rings. The Labute approximate surface area is 62.6 Å². The molecule has 0 aromatic rings. The first-order chi connectivity index (χ1) is 4.97. The summed E-state index contributed by atoms with van der Waals surface area (Å²) in [4.78, 5) is 0. The van der Waals surface area contributed by atoms with E-state index in [2.05, 4.69) is 24.3 Å². The van der Waals surface area contributed by atoms with Crippen LogP contribution in [0.1, 0.15) is 25.7 Å². The van der Waals surface area contributed by atoms with Crippen LogP contribution >= 0.6 is 0 Å². The van der Waals surface area contributed by atoms with Gasteiger partial charge in [0.05, 0.1) is 0 Å². The summed E-state index contributed by atoms with van der Waals surface area (Å²) in [5, 5.41) is 0. The van der Waals surface area contributed by atoms with Gasteiger partial charge >= 0.3 is 0 Å². The Kier molecular flexibility index (Phi) is 1.62. The Bertz CT molecular complexity index is 145. The van der Waals surface area contributed by atoms with E-state index < -0.39 is 0 Å². The third-order valence-electron chi connectivity index (χ3n) is 2.66. The molecular weight excluding hydrogens is 120 g/mol. The van der Waals surface area contributed by atoms with Crippen LogP contribution < -0.4 is 0 Å². The number of fused-ring (bicyclic) bond motifs is 1. The van der Waals surface area contributed by atoms with Crippen molar-refractivity contribution in [3.8, 4) is 0 Å². The summed E-state index contributed by atoms with van der Waals surface area (Å²) in [7, 11) is 0. The minimum Gasteiger partial charge on any atom is -0.0885 e. The van der Waals surface area contributed by atoms with Crippen LogP contribution in [-0.4, -0.2) is 0 Å². The fraction of sp³-hybridized carbons (Fsp3) is 0.600. The zero-order chi connectivity index (χ0) is 6.81. The molecule has 2 aliphatic rings. The molecule has 0 spiro atoms. The second kappa shape index (κ2) is 2.61. The fourth-order valence-electron chi connectivity index (χ4n) is 1.86. The van der Waals surface area contributed by atoms with Crippen molar-refractivity contribution in [1.82, 2.24) is 0 Å². The molecule has 0 saturated carbocycles. The monoisotopic (exact) mass is 134 g/mol. The Morgan fingerprint density at radius 1 is 0.800 bits per heavy atom. The fourth-order valence-corrected chi connectivity index (χ4v) is 1.86. The van der Waals surface area contributed by atoms with Gasteiger partial charge in [-0.25, -0.2) is 0 Å². The van der Waals surface area contributed by atoms with Gasteiger partial charge in [-0.3, -0.25) is 0 Å². The molecule has 10 heavy (non-hydrogen) atoms. The molecule has 0 aromatic carbocycles. The lowest BCUT2D eigenvalue weighted by Crippen LogP contribution is -2.18. The summed E-state index contributed by atoms with van der Waals surface area (Å²) >= 11 is 0. The van der Waals surface area contributed by atoms with Gasteiger partial charge in [0.2, 0.25) is 0 Å². The second-order valence-corrected chi connectivity index (χ2v) is 3.34. The molecule has 2 aliphatic carbocycles. The Morgan fingerprint density at radius 3 is 1.70 bits per heavy atom. The summed E-state index contributed by atoms with van der Waals surface area (Å²) in [6.45, 7) is 0. The highest BCUT2D eigenvalue weighted by atomic mass is 14.3. The largest absolute Gasteiger partial charge is 0.0885 e. The average Bonchev–Trinajstić information content (AvgIpc) is 1.89. The molecule has 0 nitrogen and oxygen atoms in total. The molecule has 0 amide bonds. The van der Waals surface area contributed by atoms with E-state index in [1.54, 1.807) is 0 Å². The minimum atomic E-state index is 0.935. The van der Waals surface area contributed by atoms with Crippen molar-refractivity contribution in [2.75, 3.05) is 0 Å². The topological polar surface area (TPSA) is 0 Å². The molecule has 54 valence electrons. The number of allylic oxidation sites excluding steroid dienone is 4. The van der Waals surface area contributed by atoms with Gasteiger partial charge < -0.3 is 0 Å². The van der Waals surface area contributed by atoms with Gasteiger partial charge in [-0.15, -0.1) is 0 Å². The predicted molar refractivity (Wildman–Crippen MR) is 43.7 cm³/mol. The van der Waals surface area contributed by atoms with Crippen molar-refractivity contribution in [3.05, 3.63) is 24.3 Å². The molecule has 0 saturated heterocycles. The smallest absolute Gasteiger partial charge is 0.0167 e. The van der Waals surface area contributed by atoms with Crippen LogP contribution in [-0.2, 0) is 0 Å². The van der Waals surface area contributed by atoms with Gasteiger partial charge in [-0.1, -0.05) is 24.3 Å². The van der Waals surface area contributed by atoms with E-state index in [-0.39, 0.29) is 0 Å². The Hall–Kier alpha value is -0.520. The second-order valence-electron chi connectivity index (χ2n) is 3.34. The summed E-state index contributed by atoms with van der Waals surface area (Å²) in [6.07, 6.45) is 14.8. The van der Waals surface area contributed by atoms with E-state index >= 15 is 0 Å². The van der Waals surface area contributed by atoms with Gasteiger partial charge in [-0.2, -0.15) is 0 Å². The van der Waals surface area contributed by atoms with E-state index in [9.17, 15) is 0 Å². The van der Waals surface area contributed by atoms with Crippen molar-refractivity contribution in [2.24, 2.45) is 11.8 Å². The van der Waals surface area contributed by atoms with E-state index in [4.69, 9.17) is 0 Å². The van der Waals surface area contributed by atoms with Gasteiger partial charge in [0, 0.05) is 0 Å². The van der Waals surface area contributed by atoms with Gasteiger partial charge in [-0.05, 0) is 37.5 Å². The first kappa shape index (κ1) is 6.21. The van der Waals surface area contributed by atoms with Gasteiger partial charge in [0.15, 0.2) is 0 Å². The lowest BCUT2D eigenvalue weighted by molar-refractivity contribution is 0.376. The minimum absolute atomic E-state index is 0.935. The Balaban J connectivity index is 1.99. The number of rotatable bonds is 0. The molecule has 0 aliphatic heterocycles. The van der Waals surface area contributed by atoms with Crippen molar-refractivity contribution in [1.29, 1.82) is 0 Å². The molecule has 0 N–H and O–H groups in total. The predicted octanol–water partition coefficient (Wildman–Crippen LogP) is 2.92. The highest BCUT2D eigenvalue weighted by molar-refractivity contribution is 5.10. The maximum absolute atomic E-state index is 2.38. The third-order valence-corrected chi connectivity index (χ3v) is 2.66. The highest BCUT2D eigenvalue weighted by Crippen LogP contribution is 2.34. The van der Waals surface area contributed by atoms with Crippen molar-refractivity contribution in [2.45, 2.75) is 25.7 Å². The van der Waals surface area contributed by atoms with E-state index in [1.165, 1.54) is 25.7 Å². The molecule has 0 heterocycles. The molecule has 2 atom stereocenters. The summed E-state index contributed by atoms with van der Waals surface area (Å²) in [6, 6.07) is 0. The molecule has 2 unspecified atom stereocenters. The van der Waals surface area contributed by atoms with Crippen LogP contribution in [0.5, 0.6) is 0 Å². The number of hydrogen-bond donors (Lipinski definition) is 0. The Morgan fingerprint density at radius 2 is 1.30 bits per heavy atom. The maximum Gasteiger partial charge on any atom is -0.0167 e. The van der Waals surface area contributed by atoms with Crippen LogP contribution in [0.25, 0.3) is 0 Å². The standard InChI is InChI=1S/C10H14/c1-2-4-6-10-8-7-9(10)5-3-1/h1-2,7-10H,3-6H2/b2-1-. The zero-order valence-corrected chi connectivity index (χ0v) is 6.29. The van der Waals surface area contributed by atoms with Gasteiger partial charge in [0.25, 0.3) is 0 Å².